The molecule has 2 aliphatic heterocycles. The van der Waals surface area contributed by atoms with E-state index in [4.69, 9.17) is 18.9 Å². The minimum atomic E-state index is 0. The Kier molecular flexibility index (Phi) is 5.57. The van der Waals surface area contributed by atoms with Gasteiger partial charge in [0.05, 0.1) is 18.9 Å². The summed E-state index contributed by atoms with van der Waals surface area (Å²) < 4.78 is 19.4. The van der Waals surface area contributed by atoms with E-state index in [1.807, 2.05) is 48.2 Å². The normalized spacial score (nSPS) is 15.4. The largest absolute Gasteiger partial charge is 1.00 e. The lowest BCUT2D eigenvalue weighted by molar-refractivity contribution is -0.646. The standard InChI is InChI=1S/C26H22N3O3.HI/c1-3-29-20(17-8-5-4-6-9-17)12-18(19-14-23-24(15-21(19)29)31-16-30-23)13-25-27-26-22(32-25)10-7-11-28(26)2;/h4-15H,3,16H2,1-2H3;1H/q+1;/p-1. The third-order valence-electron chi connectivity index (χ3n) is 5.88. The highest BCUT2D eigenvalue weighted by atomic mass is 127. The summed E-state index contributed by atoms with van der Waals surface area (Å²) in [6.07, 6.45) is 6.15. The second-order valence-electron chi connectivity index (χ2n) is 7.82. The molecule has 33 heavy (non-hydrogen) atoms. The Balaban J connectivity index is 0.00000228. The molecule has 6 rings (SSSR count). The number of fused-ring (bicyclic) bond motifs is 3. The molecule has 2 aliphatic rings. The Morgan fingerprint density at radius 2 is 1.85 bits per heavy atom. The van der Waals surface area contributed by atoms with Crippen LogP contribution in [-0.4, -0.2) is 18.3 Å². The lowest BCUT2D eigenvalue weighted by atomic mass is 9.94. The molecular weight excluding hydrogens is 529 g/mol. The van der Waals surface area contributed by atoms with Gasteiger partial charge in [-0.2, -0.15) is 0 Å². The summed E-state index contributed by atoms with van der Waals surface area (Å²) in [7, 11) is 1.96. The fourth-order valence-electron chi connectivity index (χ4n) is 4.35. The molecule has 0 spiro atoms. The maximum atomic E-state index is 6.05. The van der Waals surface area contributed by atoms with Crippen LogP contribution in [0.5, 0.6) is 11.5 Å². The fourth-order valence-corrected chi connectivity index (χ4v) is 4.35. The minimum Gasteiger partial charge on any atom is -1.00 e. The van der Waals surface area contributed by atoms with Gasteiger partial charge in [-0.05, 0) is 42.3 Å². The van der Waals surface area contributed by atoms with E-state index in [1.54, 1.807) is 0 Å². The van der Waals surface area contributed by atoms with E-state index in [-0.39, 0.29) is 30.8 Å². The number of pyridine rings is 1. The number of allylic oxidation sites excluding steroid dienone is 2. The van der Waals surface area contributed by atoms with Crippen molar-refractivity contribution in [1.82, 2.24) is 4.98 Å². The summed E-state index contributed by atoms with van der Waals surface area (Å²) >= 11 is 0. The van der Waals surface area contributed by atoms with Crippen LogP contribution in [0.4, 0.5) is 5.69 Å². The summed E-state index contributed by atoms with van der Waals surface area (Å²) in [6, 6.07) is 18.4. The quantitative estimate of drug-likeness (QED) is 0.287. The molecule has 2 aromatic carbocycles. The first-order chi connectivity index (χ1) is 15.7. The zero-order chi connectivity index (χ0) is 21.7. The van der Waals surface area contributed by atoms with Crippen LogP contribution in [-0.2, 0) is 7.05 Å². The van der Waals surface area contributed by atoms with Crippen LogP contribution in [0.3, 0.4) is 0 Å². The predicted molar refractivity (Wildman–Crippen MR) is 123 cm³/mol. The van der Waals surface area contributed by atoms with Crippen molar-refractivity contribution in [3.05, 3.63) is 83.9 Å². The molecule has 166 valence electrons. The van der Waals surface area contributed by atoms with Gasteiger partial charge >= 0.3 is 11.5 Å². The number of ether oxygens (including phenoxy) is 2. The third kappa shape index (κ3) is 3.66. The van der Waals surface area contributed by atoms with Gasteiger partial charge in [0, 0.05) is 34.9 Å². The number of hydrogen-bond acceptors (Lipinski definition) is 5. The number of rotatable bonds is 3. The van der Waals surface area contributed by atoms with Crippen LogP contribution in [0.25, 0.3) is 28.6 Å². The molecule has 7 heteroatoms. The van der Waals surface area contributed by atoms with Crippen molar-refractivity contribution in [2.45, 2.75) is 6.92 Å². The molecule has 0 saturated carbocycles. The minimum absolute atomic E-state index is 0. The molecule has 0 atom stereocenters. The lowest BCUT2D eigenvalue weighted by Crippen LogP contribution is -3.00. The highest BCUT2D eigenvalue weighted by molar-refractivity contribution is 6.03. The van der Waals surface area contributed by atoms with Crippen molar-refractivity contribution in [1.29, 1.82) is 0 Å². The summed E-state index contributed by atoms with van der Waals surface area (Å²) in [6.45, 7) is 3.21. The molecule has 0 bridgehead atoms. The average Bonchev–Trinajstić information content (AvgIpc) is 3.45. The molecule has 6 nitrogen and oxygen atoms in total. The Bertz CT molecular complexity index is 1410. The summed E-state index contributed by atoms with van der Waals surface area (Å²) in [5.74, 6) is 2.09. The number of hydrogen-bond donors (Lipinski definition) is 0. The number of aromatic nitrogens is 2. The lowest BCUT2D eigenvalue weighted by Gasteiger charge is -2.33. The van der Waals surface area contributed by atoms with Crippen LogP contribution >= 0.6 is 0 Å². The topological polar surface area (TPSA) is 51.6 Å². The maximum absolute atomic E-state index is 6.05. The second-order valence-corrected chi connectivity index (χ2v) is 7.82. The molecular formula is C26H22IN3O3. The molecule has 0 saturated heterocycles. The Morgan fingerprint density at radius 1 is 1.06 bits per heavy atom. The van der Waals surface area contributed by atoms with Crippen molar-refractivity contribution in [2.75, 3.05) is 18.2 Å². The van der Waals surface area contributed by atoms with Crippen LogP contribution in [0.15, 0.2) is 71.3 Å². The number of aryl methyl sites for hydroxylation is 1. The van der Waals surface area contributed by atoms with Crippen molar-refractivity contribution in [2.24, 2.45) is 7.05 Å². The summed E-state index contributed by atoms with van der Waals surface area (Å²) in [5, 5.41) is 0. The summed E-state index contributed by atoms with van der Waals surface area (Å²) in [4.78, 5) is 7.01. The van der Waals surface area contributed by atoms with Gasteiger partial charge in [0.25, 0.3) is 0 Å². The molecule has 0 fully saturated rings. The first-order valence-electron chi connectivity index (χ1n) is 10.7. The SMILES string of the molecule is CCN1C(c2ccccc2)=C/C(=C\c2nc3c(ccc[n+]3C)o2)c2cc3c(cc21)OCO3.[I-]. The molecule has 4 aromatic rings. The number of halogens is 1. The summed E-state index contributed by atoms with van der Waals surface area (Å²) in [5.41, 5.74) is 6.97. The number of nitrogens with zero attached hydrogens (tertiary/aromatic N) is 3. The predicted octanol–water partition coefficient (Wildman–Crippen LogP) is 1.81. The van der Waals surface area contributed by atoms with Gasteiger partial charge < -0.3 is 42.8 Å². The van der Waals surface area contributed by atoms with Gasteiger partial charge in [-0.1, -0.05) is 30.3 Å². The number of benzene rings is 2. The van der Waals surface area contributed by atoms with Crippen LogP contribution < -0.4 is 42.9 Å². The van der Waals surface area contributed by atoms with Crippen molar-refractivity contribution in [3.63, 3.8) is 0 Å². The number of anilines is 1. The molecule has 0 radical (unpaired) electrons. The van der Waals surface area contributed by atoms with Gasteiger partial charge in [-0.25, -0.2) is 4.57 Å². The first kappa shape index (κ1) is 21.5. The van der Waals surface area contributed by atoms with E-state index >= 15 is 0 Å². The Morgan fingerprint density at radius 3 is 2.61 bits per heavy atom. The first-order valence-corrected chi connectivity index (χ1v) is 10.7. The fraction of sp³-hybridized carbons (Fsp3) is 0.154. The Hall–Kier alpha value is -3.33. The van der Waals surface area contributed by atoms with Crippen LogP contribution in [0.1, 0.15) is 23.9 Å². The van der Waals surface area contributed by atoms with Crippen molar-refractivity contribution >= 4 is 34.3 Å². The van der Waals surface area contributed by atoms with E-state index in [2.05, 4.69) is 48.2 Å². The molecule has 0 N–H and O–H groups in total. The van der Waals surface area contributed by atoms with E-state index in [0.717, 1.165) is 57.4 Å². The average molecular weight is 551 g/mol. The van der Waals surface area contributed by atoms with Crippen molar-refractivity contribution < 1.29 is 42.4 Å². The molecule has 2 aromatic heterocycles. The Labute approximate surface area is 208 Å². The van der Waals surface area contributed by atoms with Gasteiger partial charge in [0.15, 0.2) is 11.5 Å². The second kappa shape index (κ2) is 8.55. The molecule has 0 unspecified atom stereocenters. The molecule has 0 amide bonds. The van der Waals surface area contributed by atoms with Gasteiger partial charge in [0.2, 0.25) is 12.4 Å². The number of oxazole rings is 1. The van der Waals surface area contributed by atoms with E-state index < -0.39 is 0 Å². The maximum Gasteiger partial charge on any atom is 0.370 e. The molecule has 0 aliphatic carbocycles. The van der Waals surface area contributed by atoms with Crippen molar-refractivity contribution in [3.8, 4) is 11.5 Å². The highest BCUT2D eigenvalue weighted by Gasteiger charge is 2.28. The van der Waals surface area contributed by atoms with Crippen LogP contribution in [0, 0.1) is 0 Å². The molecule has 4 heterocycles. The highest BCUT2D eigenvalue weighted by Crippen LogP contribution is 2.46. The zero-order valence-corrected chi connectivity index (χ0v) is 20.4. The van der Waals surface area contributed by atoms with E-state index in [9.17, 15) is 0 Å². The zero-order valence-electron chi connectivity index (χ0n) is 18.3. The van der Waals surface area contributed by atoms with E-state index in [0.29, 0.717) is 5.89 Å². The monoisotopic (exact) mass is 551 g/mol. The third-order valence-corrected chi connectivity index (χ3v) is 5.88. The van der Waals surface area contributed by atoms with Gasteiger partial charge in [-0.3, -0.25) is 0 Å². The van der Waals surface area contributed by atoms with E-state index in [1.165, 1.54) is 0 Å². The smallest absolute Gasteiger partial charge is 0.370 e. The van der Waals surface area contributed by atoms with Crippen LogP contribution in [0.2, 0.25) is 0 Å². The van der Waals surface area contributed by atoms with Gasteiger partial charge in [-0.15, -0.1) is 0 Å². The van der Waals surface area contributed by atoms with Gasteiger partial charge in [0.1, 0.15) is 0 Å².